The summed E-state index contributed by atoms with van der Waals surface area (Å²) in [4.78, 5) is 4.68. The molecular weight excluding hydrogens is 1360 g/mol. The van der Waals surface area contributed by atoms with Gasteiger partial charge in [-0.2, -0.15) is 18.2 Å². The Morgan fingerprint density at radius 3 is 1.68 bits per heavy atom. The Kier molecular flexibility index (Phi) is 8.31. The molecule has 13 aromatic carbocycles. The molecule has 16 aromatic rings. The Morgan fingerprint density at radius 2 is 1.04 bits per heavy atom. The van der Waals surface area contributed by atoms with Crippen LogP contribution in [0.2, 0.25) is 0 Å². The second-order valence-electron chi connectivity index (χ2n) is 22.5. The maximum Gasteiger partial charge on any atom is 0.268 e. The largest absolute Gasteiger partial charge is 0.510 e. The van der Waals surface area contributed by atoms with Crippen LogP contribution in [0.25, 0.3) is 106 Å². The minimum Gasteiger partial charge on any atom is -0.510 e. The van der Waals surface area contributed by atoms with Gasteiger partial charge < -0.3 is 13.9 Å². The Hall–Kier alpha value is -11.0. The number of rotatable bonds is 14. The molecule has 0 atom stereocenters. The summed E-state index contributed by atoms with van der Waals surface area (Å²) < 4.78 is 382. The van der Waals surface area contributed by atoms with Crippen molar-refractivity contribution in [3.8, 4) is 84.3 Å². The van der Waals surface area contributed by atoms with Gasteiger partial charge in [0.15, 0.2) is 8.07 Å². The predicted octanol–water partition coefficient (Wildman–Crippen LogP) is 18.9. The maximum atomic E-state index is 10.8. The quantitative estimate of drug-likeness (QED) is 0.0471. The van der Waals surface area contributed by atoms with E-state index in [0.717, 1.165) is 6.20 Å². The third-order valence-electron chi connectivity index (χ3n) is 15.8. The van der Waals surface area contributed by atoms with E-state index in [4.69, 9.17) is 28.0 Å². The molecule has 0 amide bonds. The third kappa shape index (κ3) is 11.2. The monoisotopic (exact) mass is 1470 g/mol. The molecule has 0 radical (unpaired) electrons. The molecule has 3 heterocycles. The first kappa shape index (κ1) is 31.0. The van der Waals surface area contributed by atoms with Crippen molar-refractivity contribution in [2.24, 2.45) is 0 Å². The fraction of sp³-hybridized carbons (Fsp3) is 0.0562. The molecule has 0 aliphatic rings. The summed E-state index contributed by atoms with van der Waals surface area (Å²) in [6.45, 7) is 2.29. The van der Waals surface area contributed by atoms with Crippen molar-refractivity contribution >= 4 is 61.7 Å². The number of hydrogen-bond donors (Lipinski definition) is 0. The van der Waals surface area contributed by atoms with Crippen molar-refractivity contribution < 1.29 is 85.2 Å². The topological polar surface area (TPSA) is 35.9 Å². The van der Waals surface area contributed by atoms with Crippen molar-refractivity contribution in [1.29, 1.82) is 0 Å². The average Bonchev–Trinajstić information content (AvgIpc) is 0.788. The molecule has 0 unspecified atom stereocenters. The number of hydrogen-bond acceptors (Lipinski definition) is 2. The van der Waals surface area contributed by atoms with Gasteiger partial charge in [0.05, 0.1) is 67.4 Å². The molecule has 0 aliphatic heterocycles. The molecule has 0 fully saturated rings. The Balaban J connectivity index is 0.0000141. The molecule has 5 nitrogen and oxygen atoms in total. The molecule has 0 N–H and O–H groups in total. The van der Waals surface area contributed by atoms with E-state index < -0.39 is 309 Å². The molecule has 0 saturated carbocycles. The fourth-order valence-corrected chi connectivity index (χ4v) is 15.2. The molecule has 464 valence electrons. The summed E-state index contributed by atoms with van der Waals surface area (Å²) in [6, 6.07) is -7.35. The third-order valence-corrected chi connectivity index (χ3v) is 19.8. The molecule has 0 aliphatic carbocycles. The van der Waals surface area contributed by atoms with Crippen LogP contribution >= 0.6 is 0 Å². The van der Waals surface area contributed by atoms with E-state index in [9.17, 15) is 31.5 Å². The first-order valence-corrected chi connectivity index (χ1v) is 31.2. The zero-order valence-electron chi connectivity index (χ0n) is 90.3. The molecule has 7 heteroatoms. The summed E-state index contributed by atoms with van der Waals surface area (Å²) in [5, 5.41) is -3.31. The van der Waals surface area contributed by atoms with Crippen molar-refractivity contribution in [1.82, 2.24) is 14.1 Å². The van der Waals surface area contributed by atoms with E-state index in [1.807, 2.05) is 0 Å². The fourth-order valence-electron chi connectivity index (χ4n) is 11.6. The number of ether oxygens (including phenoxy) is 1. The molecular formula is C89H66N4OPtSi-2. The van der Waals surface area contributed by atoms with E-state index in [1.165, 1.54) is 63.7 Å². The normalized spacial score (nSPS) is 17.7. The van der Waals surface area contributed by atoms with Gasteiger partial charge in [0.2, 0.25) is 0 Å². The van der Waals surface area contributed by atoms with Crippen LogP contribution < -0.4 is 30.1 Å². The number of para-hydroxylation sites is 2. The standard InChI is InChI=1S/C89H66N4OSi.Pt/c1-62-52-87(90-60-81(62)65-32-15-7-16-33-65)93-83-47-24-23-44-79(83)80-50-49-73(59-85(80)93)94-72-36-26-35-71(58-72)91-61-92(88-78(45-27-46-82(88)89(2,3)4)70-54-68(63-28-11-5-12-29-63)53-69(55-70)64-30-13-6-14-31-64)84-51-48-67(57-86(84)91)66-34-25-43-77(56-66)95(74-37-17-8-18-38-74,75-39-19-9-20-40-75)76-41-21-10-22-42-76;/h5-57,60H,1-4H3;/q-2;/i1D3,5D,6D,7D,8D,9D,10D,11D,12D,13D,14D,15D,16D,17D,18D,19D,20D,21D,22D,25D,28D,29D,30D,31D,32D,33D,34D,37D,38D,39D,40D,41D,42D,43D,53D,54D,55D,56D;. The number of aryl methyl sites for hydroxylation is 1. The van der Waals surface area contributed by atoms with Gasteiger partial charge >= 0.3 is 0 Å². The van der Waals surface area contributed by atoms with Crippen LogP contribution in [0.4, 0.5) is 0 Å². The second-order valence-corrected chi connectivity index (χ2v) is 26.0. The minimum atomic E-state index is -6.46. The number of pyridine rings is 1. The maximum absolute atomic E-state index is 10.8. The molecule has 96 heavy (non-hydrogen) atoms. The zero-order valence-corrected chi connectivity index (χ0v) is 53.6. The summed E-state index contributed by atoms with van der Waals surface area (Å²) in [5.41, 5.74) is -6.33. The van der Waals surface area contributed by atoms with E-state index >= 15 is 0 Å². The van der Waals surface area contributed by atoms with Crippen LogP contribution in [0.5, 0.6) is 11.5 Å². The van der Waals surface area contributed by atoms with Crippen molar-refractivity contribution in [2.45, 2.75) is 33.0 Å². The zero-order chi connectivity index (χ0) is 98.7. The number of aromatic nitrogens is 4. The van der Waals surface area contributed by atoms with Crippen molar-refractivity contribution in [3.63, 3.8) is 0 Å². The van der Waals surface area contributed by atoms with Gasteiger partial charge in [-0.15, -0.1) is 29.7 Å². The van der Waals surface area contributed by atoms with E-state index in [-0.39, 0.29) is 83.0 Å². The van der Waals surface area contributed by atoms with Crippen LogP contribution in [0.3, 0.4) is 0 Å². The van der Waals surface area contributed by atoms with E-state index in [2.05, 4.69) is 23.4 Å². The Morgan fingerprint density at radius 1 is 0.469 bits per heavy atom. The SMILES string of the molecule is [2H]c1c([2H])c([2H])c(-c2cnc(-n3c4[c-]c(Oc5[c-]c(-n6[c-][n+](-c7c(-c8c([2H])c(-c9c([2H])c([2H])c([2H])c([2H])c9[2H])c([2H])c(-c9c([2H])c([2H])c([2H])c([2H])c9[2H])c8[2H])cccc7C(C)(C)C)c7ccc(-c8c([2H])c([2H])c([2H])c([Si](c9c([2H])c([2H])c([2H])c([2H])c9[2H])(c9c([2H])c([2H])c([2H])c([2H])c9[2H])c9c([2H])c([2H])c([2H])c([2H])c9[2H])c8[2H])cc76)ccc5)ccc4c4ccccc43)cc2C([2H])([2H])[2H])c([2H])c1[2H].[Pt]. The van der Waals surface area contributed by atoms with Gasteiger partial charge in [0.1, 0.15) is 5.82 Å². The second kappa shape index (κ2) is 25.7. The first-order chi connectivity index (χ1) is 63.2. The average molecular weight is 1470 g/mol. The van der Waals surface area contributed by atoms with E-state index in [0.29, 0.717) is 21.9 Å². The van der Waals surface area contributed by atoms with Crippen LogP contribution in [0.15, 0.2) is 327 Å². The van der Waals surface area contributed by atoms with Gasteiger partial charge in [0, 0.05) is 54.0 Å². The van der Waals surface area contributed by atoms with Crippen molar-refractivity contribution in [3.05, 3.63) is 356 Å². The van der Waals surface area contributed by atoms with Crippen LogP contribution in [0, 0.1) is 25.3 Å². The molecule has 16 rings (SSSR count). The smallest absolute Gasteiger partial charge is 0.268 e. The summed E-state index contributed by atoms with van der Waals surface area (Å²) >= 11 is 0. The molecule has 0 saturated heterocycles. The van der Waals surface area contributed by atoms with Crippen LogP contribution in [0.1, 0.15) is 86.7 Å². The first-order valence-electron chi connectivity index (χ1n) is 49.2. The number of nitrogens with zero attached hydrogens (tertiary/aromatic N) is 4. The van der Waals surface area contributed by atoms with Gasteiger partial charge in [-0.05, 0) is 142 Å². The van der Waals surface area contributed by atoms with E-state index in [1.54, 1.807) is 67.8 Å². The van der Waals surface area contributed by atoms with Gasteiger partial charge in [0.25, 0.3) is 6.33 Å². The van der Waals surface area contributed by atoms with Crippen LogP contribution in [-0.4, -0.2) is 22.2 Å². The van der Waals surface area contributed by atoms with Crippen LogP contribution in [-0.2, 0) is 26.5 Å². The molecule has 3 aromatic heterocycles. The Labute approximate surface area is 633 Å². The number of benzene rings is 13. The minimum absolute atomic E-state index is 0. The molecule has 0 spiro atoms. The predicted molar refractivity (Wildman–Crippen MR) is 394 cm³/mol. The molecule has 0 bridgehead atoms. The number of imidazole rings is 1. The number of fused-ring (bicyclic) bond motifs is 4. The van der Waals surface area contributed by atoms with Gasteiger partial charge in [-0.3, -0.25) is 4.57 Å². The van der Waals surface area contributed by atoms with Gasteiger partial charge in [-0.1, -0.05) is 280 Å². The summed E-state index contributed by atoms with van der Waals surface area (Å²) in [6.07, 6.45) is 4.47. The van der Waals surface area contributed by atoms with Crippen molar-refractivity contribution in [2.75, 3.05) is 0 Å². The summed E-state index contributed by atoms with van der Waals surface area (Å²) in [7, 11) is -6.46. The Bertz CT molecular complexity index is 7540. The summed E-state index contributed by atoms with van der Waals surface area (Å²) in [5.74, 6) is -0.194. The van der Waals surface area contributed by atoms with Gasteiger partial charge in [-0.25, -0.2) is 4.98 Å².